The number of aromatic nitrogens is 7. The fourth-order valence-corrected chi connectivity index (χ4v) is 5.50. The van der Waals surface area contributed by atoms with E-state index in [1.165, 1.54) is 12.1 Å². The van der Waals surface area contributed by atoms with Crippen molar-refractivity contribution >= 4 is 27.8 Å². The number of hydrogen-bond acceptors (Lipinski definition) is 9. The van der Waals surface area contributed by atoms with E-state index in [1.807, 2.05) is 38.4 Å². The molecule has 0 spiro atoms. The molecule has 0 aliphatic carbocycles. The number of nitrogens with one attached hydrogen (secondary N) is 4. The maximum absolute atomic E-state index is 14.7. The predicted molar refractivity (Wildman–Crippen MR) is 169 cm³/mol. The molecule has 1 aromatic carbocycles. The number of piperidine rings is 1. The van der Waals surface area contributed by atoms with Gasteiger partial charge in [-0.15, -0.1) is 0 Å². The van der Waals surface area contributed by atoms with Crippen molar-refractivity contribution < 1.29 is 9.13 Å². The van der Waals surface area contributed by atoms with E-state index in [9.17, 15) is 4.39 Å². The van der Waals surface area contributed by atoms with Crippen LogP contribution in [0.15, 0.2) is 61.2 Å². The molecule has 0 atom stereocenters. The molecule has 44 heavy (non-hydrogen) atoms. The van der Waals surface area contributed by atoms with Gasteiger partial charge in [-0.25, -0.2) is 14.4 Å². The number of likely N-dealkylation sites (N-methyl/N-ethyl adjacent to an activating group) is 1. The van der Waals surface area contributed by atoms with Crippen molar-refractivity contribution in [2.75, 3.05) is 45.6 Å². The van der Waals surface area contributed by atoms with Crippen LogP contribution in [0.5, 0.6) is 5.75 Å². The Bertz CT molecular complexity index is 1930. The summed E-state index contributed by atoms with van der Waals surface area (Å²) in [6.07, 6.45) is 9.17. The Labute approximate surface area is 253 Å². The van der Waals surface area contributed by atoms with Crippen LogP contribution >= 0.6 is 0 Å². The number of halogens is 1. The molecule has 5 aromatic heterocycles. The summed E-state index contributed by atoms with van der Waals surface area (Å²) in [6, 6.07) is 10.7. The second kappa shape index (κ2) is 12.0. The van der Waals surface area contributed by atoms with Gasteiger partial charge in [0.15, 0.2) is 11.5 Å². The Morgan fingerprint density at radius 2 is 1.84 bits per heavy atom. The van der Waals surface area contributed by atoms with E-state index in [2.05, 4.69) is 45.7 Å². The summed E-state index contributed by atoms with van der Waals surface area (Å²) in [5.74, 6) is 0.954. The lowest BCUT2D eigenvalue weighted by atomic mass is 10.1. The van der Waals surface area contributed by atoms with E-state index in [4.69, 9.17) is 9.72 Å². The smallest absolute Gasteiger partial charge is 0.159 e. The number of hydrogen-bond donors (Lipinski definition) is 4. The first-order valence-corrected chi connectivity index (χ1v) is 14.7. The van der Waals surface area contributed by atoms with Crippen molar-refractivity contribution in [2.24, 2.45) is 0 Å². The van der Waals surface area contributed by atoms with Gasteiger partial charge in [0.05, 0.1) is 22.8 Å². The third-order valence-corrected chi connectivity index (χ3v) is 7.74. The Morgan fingerprint density at radius 3 is 2.70 bits per heavy atom. The van der Waals surface area contributed by atoms with Crippen LogP contribution in [0.25, 0.3) is 56.0 Å². The van der Waals surface area contributed by atoms with Crippen molar-refractivity contribution in [3.8, 4) is 39.7 Å². The van der Waals surface area contributed by atoms with Crippen molar-refractivity contribution in [3.63, 3.8) is 0 Å². The van der Waals surface area contributed by atoms with Crippen LogP contribution in [0.1, 0.15) is 12.8 Å². The standard InChI is InChI=1S/C32H33FN10O/c1-43(2)10-9-36-23-12-19(11-22(33)15-23)28-30-27(5-8-37-28)39-32(40-30)29-26-14-21(17-38-31(26)42-41-29)20-13-25(18-35-16-20)44-24-3-6-34-7-4-24/h5,8,11-18,24,34,36H,3-4,6-7,9-10H2,1-2H3,(H,39,40)(H,38,41,42). The molecule has 1 fully saturated rings. The lowest BCUT2D eigenvalue weighted by Crippen LogP contribution is -2.34. The molecule has 0 unspecified atom stereocenters. The number of ether oxygens (including phenoxy) is 1. The quantitative estimate of drug-likeness (QED) is 0.186. The first kappa shape index (κ1) is 27.9. The Morgan fingerprint density at radius 1 is 0.977 bits per heavy atom. The fourth-order valence-electron chi connectivity index (χ4n) is 5.50. The average Bonchev–Trinajstić information content (AvgIpc) is 3.65. The molecule has 12 heteroatoms. The molecule has 0 radical (unpaired) electrons. The topological polar surface area (TPSA) is 133 Å². The van der Waals surface area contributed by atoms with Gasteiger partial charge in [-0.1, -0.05) is 0 Å². The van der Waals surface area contributed by atoms with E-state index in [1.54, 1.807) is 24.8 Å². The Balaban J connectivity index is 1.21. The van der Waals surface area contributed by atoms with Gasteiger partial charge in [-0.05, 0) is 76.4 Å². The summed E-state index contributed by atoms with van der Waals surface area (Å²) in [6.45, 7) is 3.43. The fraction of sp³-hybridized carbons (Fsp3) is 0.281. The summed E-state index contributed by atoms with van der Waals surface area (Å²) in [4.78, 5) is 24.0. The first-order chi connectivity index (χ1) is 21.5. The Hall–Kier alpha value is -4.94. The summed E-state index contributed by atoms with van der Waals surface area (Å²) in [5.41, 5.74) is 6.33. The molecule has 1 saturated heterocycles. The van der Waals surface area contributed by atoms with Crippen molar-refractivity contribution in [1.82, 2.24) is 45.3 Å². The summed E-state index contributed by atoms with van der Waals surface area (Å²) in [7, 11) is 4.00. The normalized spacial score (nSPS) is 14.1. The molecular weight excluding hydrogens is 559 g/mol. The zero-order valence-corrected chi connectivity index (χ0v) is 24.6. The number of benzene rings is 1. The summed E-state index contributed by atoms with van der Waals surface area (Å²) >= 11 is 0. The van der Waals surface area contributed by atoms with Gasteiger partial charge >= 0.3 is 0 Å². The van der Waals surface area contributed by atoms with Gasteiger partial charge in [0.25, 0.3) is 0 Å². The average molecular weight is 593 g/mol. The maximum Gasteiger partial charge on any atom is 0.159 e. The zero-order chi connectivity index (χ0) is 30.0. The van der Waals surface area contributed by atoms with Crippen LogP contribution in [0.2, 0.25) is 0 Å². The summed E-state index contributed by atoms with van der Waals surface area (Å²) < 4.78 is 20.9. The number of fused-ring (bicyclic) bond motifs is 2. The van der Waals surface area contributed by atoms with Gasteiger partial charge in [0, 0.05) is 54.1 Å². The maximum atomic E-state index is 14.7. The number of anilines is 1. The molecule has 1 aliphatic rings. The van der Waals surface area contributed by atoms with E-state index in [-0.39, 0.29) is 11.9 Å². The van der Waals surface area contributed by atoms with Crippen LogP contribution < -0.4 is 15.4 Å². The van der Waals surface area contributed by atoms with E-state index in [0.29, 0.717) is 46.2 Å². The minimum absolute atomic E-state index is 0.181. The second-order valence-electron chi connectivity index (χ2n) is 11.3. The second-order valence-corrected chi connectivity index (χ2v) is 11.3. The highest BCUT2D eigenvalue weighted by Crippen LogP contribution is 2.33. The van der Waals surface area contributed by atoms with Crippen LogP contribution in [-0.4, -0.2) is 86.4 Å². The van der Waals surface area contributed by atoms with Crippen LogP contribution in [-0.2, 0) is 0 Å². The SMILES string of the molecule is CN(C)CCNc1cc(F)cc(-c2nccc3[nH]c(-c4n[nH]c5ncc(-c6cncc(OC7CCNCC7)c6)cc45)nc23)c1. The molecule has 0 saturated carbocycles. The van der Waals surface area contributed by atoms with E-state index in [0.717, 1.165) is 60.3 Å². The third kappa shape index (κ3) is 5.81. The predicted octanol–water partition coefficient (Wildman–Crippen LogP) is 4.87. The van der Waals surface area contributed by atoms with Crippen LogP contribution in [0.3, 0.4) is 0 Å². The monoisotopic (exact) mass is 592 g/mol. The minimum Gasteiger partial charge on any atom is -0.489 e. The minimum atomic E-state index is -0.346. The van der Waals surface area contributed by atoms with Gasteiger partial charge in [0.1, 0.15) is 28.9 Å². The molecule has 4 N–H and O–H groups in total. The van der Waals surface area contributed by atoms with E-state index >= 15 is 0 Å². The van der Waals surface area contributed by atoms with Crippen molar-refractivity contribution in [2.45, 2.75) is 18.9 Å². The number of pyridine rings is 3. The van der Waals surface area contributed by atoms with Gasteiger partial charge in [-0.3, -0.25) is 15.1 Å². The zero-order valence-electron chi connectivity index (χ0n) is 24.6. The molecule has 11 nitrogen and oxygen atoms in total. The molecule has 0 amide bonds. The number of rotatable bonds is 9. The number of imidazole rings is 1. The molecular formula is C32H33FN10O. The van der Waals surface area contributed by atoms with Gasteiger partial charge in [-0.2, -0.15) is 5.10 Å². The number of H-pyrrole nitrogens is 2. The number of nitrogens with zero attached hydrogens (tertiary/aromatic N) is 6. The highest BCUT2D eigenvalue weighted by molar-refractivity contribution is 5.96. The first-order valence-electron chi connectivity index (χ1n) is 14.7. The Kier molecular flexibility index (Phi) is 7.59. The summed E-state index contributed by atoms with van der Waals surface area (Å²) in [5, 5.41) is 15.0. The van der Waals surface area contributed by atoms with Gasteiger partial charge < -0.3 is 25.3 Å². The third-order valence-electron chi connectivity index (χ3n) is 7.74. The van der Waals surface area contributed by atoms with Crippen LogP contribution in [0.4, 0.5) is 10.1 Å². The largest absolute Gasteiger partial charge is 0.489 e. The van der Waals surface area contributed by atoms with Crippen molar-refractivity contribution in [3.05, 3.63) is 67.0 Å². The van der Waals surface area contributed by atoms with Gasteiger partial charge in [0.2, 0.25) is 0 Å². The lowest BCUT2D eigenvalue weighted by Gasteiger charge is -2.23. The highest BCUT2D eigenvalue weighted by atomic mass is 19.1. The molecule has 6 heterocycles. The van der Waals surface area contributed by atoms with E-state index < -0.39 is 0 Å². The highest BCUT2D eigenvalue weighted by Gasteiger charge is 2.19. The number of aromatic amines is 2. The molecule has 1 aliphatic heterocycles. The lowest BCUT2D eigenvalue weighted by molar-refractivity contribution is 0.162. The molecule has 224 valence electrons. The molecule has 0 bridgehead atoms. The molecule has 7 rings (SSSR count). The van der Waals surface area contributed by atoms with Crippen LogP contribution in [0, 0.1) is 5.82 Å². The molecule has 6 aromatic rings. The van der Waals surface area contributed by atoms with Crippen molar-refractivity contribution in [1.29, 1.82) is 0 Å².